The Bertz CT molecular complexity index is 1590. The number of aliphatic hydroxyl groups is 1. The maximum absolute atomic E-state index is 13.6. The van der Waals surface area contributed by atoms with Crippen LogP contribution in [0.1, 0.15) is 52.1 Å². The van der Waals surface area contributed by atoms with Crippen LogP contribution in [0.3, 0.4) is 0 Å². The van der Waals surface area contributed by atoms with E-state index < -0.39 is 11.6 Å². The smallest absolute Gasteiger partial charge is 0.225 e. The topological polar surface area (TPSA) is 75.4 Å². The highest BCUT2D eigenvalue weighted by Gasteiger charge is 2.30. The highest BCUT2D eigenvalue weighted by atomic mass is 19.1. The highest BCUT2D eigenvalue weighted by Crippen LogP contribution is 2.33. The number of carbonyl (C=O) groups excluding carboxylic acids is 1. The fourth-order valence-corrected chi connectivity index (χ4v) is 4.80. The Morgan fingerprint density at radius 1 is 1.00 bits per heavy atom. The van der Waals surface area contributed by atoms with Gasteiger partial charge < -0.3 is 14.8 Å². The van der Waals surface area contributed by atoms with E-state index in [9.17, 15) is 14.3 Å². The normalized spacial score (nSPS) is 13.7. The van der Waals surface area contributed by atoms with Gasteiger partial charge in [0, 0.05) is 17.8 Å². The Kier molecular flexibility index (Phi) is 6.83. The molecule has 38 heavy (non-hydrogen) atoms. The lowest BCUT2D eigenvalue weighted by molar-refractivity contribution is -0.120. The van der Waals surface area contributed by atoms with Crippen LogP contribution in [0.15, 0.2) is 95.7 Å². The fourth-order valence-electron chi connectivity index (χ4n) is 4.80. The van der Waals surface area contributed by atoms with Crippen LogP contribution >= 0.6 is 0 Å². The number of hydrogen-bond acceptors (Lipinski definition) is 4. The van der Waals surface area contributed by atoms with Crippen LogP contribution in [0.2, 0.25) is 0 Å². The van der Waals surface area contributed by atoms with Gasteiger partial charge in [0.1, 0.15) is 22.8 Å². The maximum Gasteiger partial charge on any atom is 0.225 e. The van der Waals surface area contributed by atoms with E-state index in [0.29, 0.717) is 16.9 Å². The molecule has 2 unspecified atom stereocenters. The lowest BCUT2D eigenvalue weighted by Crippen LogP contribution is -2.31. The molecule has 6 heteroatoms. The van der Waals surface area contributed by atoms with Crippen LogP contribution < -0.4 is 5.32 Å². The van der Waals surface area contributed by atoms with E-state index in [1.54, 1.807) is 49.6 Å². The summed E-state index contributed by atoms with van der Waals surface area (Å²) in [7, 11) is 0. The van der Waals surface area contributed by atoms with Crippen molar-refractivity contribution in [1.29, 1.82) is 0 Å². The lowest BCUT2D eigenvalue weighted by atomic mass is 9.93. The van der Waals surface area contributed by atoms with Gasteiger partial charge in [-0.3, -0.25) is 9.78 Å². The minimum Gasteiger partial charge on any atom is -0.458 e. The van der Waals surface area contributed by atoms with E-state index in [1.165, 1.54) is 12.1 Å². The van der Waals surface area contributed by atoms with Gasteiger partial charge in [0.15, 0.2) is 0 Å². The Labute approximate surface area is 221 Å². The van der Waals surface area contributed by atoms with Crippen molar-refractivity contribution in [3.63, 3.8) is 0 Å². The second kappa shape index (κ2) is 10.2. The van der Waals surface area contributed by atoms with Gasteiger partial charge in [0.25, 0.3) is 0 Å². The zero-order valence-electron chi connectivity index (χ0n) is 21.5. The first-order valence-corrected chi connectivity index (χ1v) is 12.5. The van der Waals surface area contributed by atoms with E-state index >= 15 is 0 Å². The van der Waals surface area contributed by atoms with Crippen LogP contribution in [0.25, 0.3) is 11.0 Å². The SMILES string of the molecule is Cc1ccc(C(NC(=O)Cc2ccc3oc(C(C)(O)c4ccncc4)cc3c2)c2ccc(F)cc2)c(C)c1. The van der Waals surface area contributed by atoms with Crippen LogP contribution in [-0.2, 0) is 16.8 Å². The molecule has 0 aliphatic heterocycles. The predicted molar refractivity (Wildman–Crippen MR) is 145 cm³/mol. The number of hydrogen-bond donors (Lipinski definition) is 2. The number of aryl methyl sites for hydroxylation is 2. The lowest BCUT2D eigenvalue weighted by Gasteiger charge is -2.22. The molecule has 2 atom stereocenters. The number of amides is 1. The molecule has 0 bridgehead atoms. The zero-order chi connectivity index (χ0) is 26.9. The Morgan fingerprint density at radius 3 is 2.45 bits per heavy atom. The molecule has 0 saturated heterocycles. The summed E-state index contributed by atoms with van der Waals surface area (Å²) in [4.78, 5) is 17.3. The monoisotopic (exact) mass is 508 g/mol. The first-order chi connectivity index (χ1) is 18.2. The van der Waals surface area contributed by atoms with E-state index in [2.05, 4.69) is 16.4 Å². The Balaban J connectivity index is 1.39. The summed E-state index contributed by atoms with van der Waals surface area (Å²) in [6.07, 6.45) is 3.40. The summed E-state index contributed by atoms with van der Waals surface area (Å²) in [6, 6.07) is 22.7. The molecule has 5 nitrogen and oxygen atoms in total. The zero-order valence-corrected chi connectivity index (χ0v) is 21.5. The van der Waals surface area contributed by atoms with E-state index in [1.807, 2.05) is 44.2 Å². The third-order valence-electron chi connectivity index (χ3n) is 6.91. The molecule has 192 valence electrons. The fraction of sp³-hybridized carbons (Fsp3) is 0.188. The Morgan fingerprint density at radius 2 is 1.74 bits per heavy atom. The molecule has 0 aliphatic carbocycles. The summed E-state index contributed by atoms with van der Waals surface area (Å²) in [5.41, 5.74) is 4.73. The standard InChI is InChI=1S/C32H29FN2O3/c1-20-4-10-27(21(2)16-20)31(23-6-8-26(33)9-7-23)35-30(36)18-22-5-11-28-24(17-22)19-29(38-28)32(3,37)25-12-14-34-15-13-25/h4-17,19,31,37H,18H2,1-3H3,(H,35,36). The minimum absolute atomic E-state index is 0.153. The van der Waals surface area contributed by atoms with Crippen LogP contribution in [0.4, 0.5) is 4.39 Å². The van der Waals surface area contributed by atoms with Gasteiger partial charge in [-0.2, -0.15) is 0 Å². The number of rotatable bonds is 7. The molecule has 2 aromatic heterocycles. The van der Waals surface area contributed by atoms with Gasteiger partial charge in [-0.1, -0.05) is 42.0 Å². The second-order valence-electron chi connectivity index (χ2n) is 9.88. The molecule has 5 aromatic rings. The first kappa shape index (κ1) is 25.4. The summed E-state index contributed by atoms with van der Waals surface area (Å²) >= 11 is 0. The van der Waals surface area contributed by atoms with Crippen LogP contribution in [0, 0.1) is 19.7 Å². The van der Waals surface area contributed by atoms with Crippen molar-refractivity contribution in [3.8, 4) is 0 Å². The van der Waals surface area contributed by atoms with Gasteiger partial charge in [-0.05, 0) is 91.1 Å². The average Bonchev–Trinajstić information content (AvgIpc) is 3.33. The second-order valence-corrected chi connectivity index (χ2v) is 9.88. The van der Waals surface area contributed by atoms with Crippen molar-refractivity contribution in [2.75, 3.05) is 0 Å². The van der Waals surface area contributed by atoms with Gasteiger partial charge >= 0.3 is 0 Å². The van der Waals surface area contributed by atoms with Gasteiger partial charge in [0.05, 0.1) is 12.5 Å². The van der Waals surface area contributed by atoms with E-state index in [4.69, 9.17) is 4.42 Å². The quantitative estimate of drug-likeness (QED) is 0.271. The number of carbonyl (C=O) groups is 1. The molecular formula is C32H29FN2O3. The molecule has 0 spiro atoms. The first-order valence-electron chi connectivity index (χ1n) is 12.5. The molecule has 0 saturated carbocycles. The summed E-state index contributed by atoms with van der Waals surface area (Å²) in [5, 5.41) is 15.1. The minimum atomic E-state index is -1.33. The number of fused-ring (bicyclic) bond motifs is 1. The summed E-state index contributed by atoms with van der Waals surface area (Å²) < 4.78 is 19.6. The van der Waals surface area contributed by atoms with Crippen molar-refractivity contribution >= 4 is 16.9 Å². The summed E-state index contributed by atoms with van der Waals surface area (Å²) in [5.74, 6) is -0.0761. The number of aromatic nitrogens is 1. The van der Waals surface area contributed by atoms with Crippen molar-refractivity contribution in [1.82, 2.24) is 10.3 Å². The molecule has 2 heterocycles. The largest absolute Gasteiger partial charge is 0.458 e. The molecule has 3 aromatic carbocycles. The molecule has 0 aliphatic rings. The van der Waals surface area contributed by atoms with E-state index in [-0.39, 0.29) is 18.1 Å². The molecule has 0 radical (unpaired) electrons. The average molecular weight is 509 g/mol. The number of benzene rings is 3. The van der Waals surface area contributed by atoms with Crippen molar-refractivity contribution in [2.45, 2.75) is 38.8 Å². The van der Waals surface area contributed by atoms with Crippen LogP contribution in [0.5, 0.6) is 0 Å². The third kappa shape index (κ3) is 5.22. The maximum atomic E-state index is 13.6. The number of halogens is 1. The summed E-state index contributed by atoms with van der Waals surface area (Å²) in [6.45, 7) is 5.71. The Hall–Kier alpha value is -4.29. The number of pyridine rings is 1. The molecular weight excluding hydrogens is 479 g/mol. The van der Waals surface area contributed by atoms with Crippen molar-refractivity contribution in [3.05, 3.63) is 136 Å². The van der Waals surface area contributed by atoms with Gasteiger partial charge in [0.2, 0.25) is 5.91 Å². The molecule has 1 amide bonds. The number of furan rings is 1. The highest BCUT2D eigenvalue weighted by molar-refractivity contribution is 5.83. The molecule has 2 N–H and O–H groups in total. The van der Waals surface area contributed by atoms with Crippen molar-refractivity contribution < 1.29 is 18.7 Å². The number of nitrogens with zero attached hydrogens (tertiary/aromatic N) is 1. The number of nitrogens with one attached hydrogen (secondary N) is 1. The van der Waals surface area contributed by atoms with Gasteiger partial charge in [-0.15, -0.1) is 0 Å². The third-order valence-corrected chi connectivity index (χ3v) is 6.91. The van der Waals surface area contributed by atoms with Crippen molar-refractivity contribution in [2.24, 2.45) is 0 Å². The van der Waals surface area contributed by atoms with Gasteiger partial charge in [-0.25, -0.2) is 4.39 Å². The predicted octanol–water partition coefficient (Wildman–Crippen LogP) is 6.29. The van der Waals surface area contributed by atoms with Crippen LogP contribution in [-0.4, -0.2) is 16.0 Å². The van der Waals surface area contributed by atoms with E-state index in [0.717, 1.165) is 33.2 Å². The molecule has 0 fully saturated rings. The molecule has 5 rings (SSSR count).